The average Bonchev–Trinajstić information content (AvgIpc) is 3.32. The molecular formula is C18H25N3. The third-order valence-electron chi connectivity index (χ3n) is 4.68. The van der Waals surface area contributed by atoms with Crippen LogP contribution in [0.15, 0.2) is 24.3 Å². The van der Waals surface area contributed by atoms with Gasteiger partial charge in [-0.25, -0.2) is 0 Å². The van der Waals surface area contributed by atoms with E-state index in [1.807, 2.05) is 0 Å². The Balaban J connectivity index is 1.68. The maximum atomic E-state index is 9.51. The first-order valence-electron chi connectivity index (χ1n) is 8.22. The van der Waals surface area contributed by atoms with Gasteiger partial charge in [-0.2, -0.15) is 5.26 Å². The number of para-hydroxylation sites is 1. The summed E-state index contributed by atoms with van der Waals surface area (Å²) in [4.78, 5) is 2.48. The number of nitrogens with zero attached hydrogens (tertiary/aromatic N) is 2. The SMILES string of the molecule is CC(C#N)(CCN1CCCCc2ccccc21)NC1CC1. The van der Waals surface area contributed by atoms with Crippen molar-refractivity contribution in [1.29, 1.82) is 5.26 Å². The average molecular weight is 283 g/mol. The second kappa shape index (κ2) is 6.07. The molecule has 1 atom stereocenters. The Hall–Kier alpha value is -1.53. The molecule has 21 heavy (non-hydrogen) atoms. The molecule has 0 radical (unpaired) electrons. The van der Waals surface area contributed by atoms with Gasteiger partial charge in [-0.05, 0) is 57.1 Å². The van der Waals surface area contributed by atoms with E-state index in [-0.39, 0.29) is 5.54 Å². The number of benzene rings is 1. The van der Waals surface area contributed by atoms with Crippen LogP contribution in [0.4, 0.5) is 5.69 Å². The second-order valence-corrected chi connectivity index (χ2v) is 6.69. The fourth-order valence-corrected chi connectivity index (χ4v) is 3.20. The number of nitriles is 1. The molecule has 1 heterocycles. The summed E-state index contributed by atoms with van der Waals surface area (Å²) in [5, 5.41) is 13.0. The molecule has 1 aliphatic carbocycles. The molecule has 3 rings (SSSR count). The van der Waals surface area contributed by atoms with Gasteiger partial charge in [-0.15, -0.1) is 0 Å². The highest BCUT2D eigenvalue weighted by atomic mass is 15.1. The highest BCUT2D eigenvalue weighted by Crippen LogP contribution is 2.28. The molecule has 0 amide bonds. The minimum absolute atomic E-state index is 0.386. The quantitative estimate of drug-likeness (QED) is 0.901. The highest BCUT2D eigenvalue weighted by molar-refractivity contribution is 5.54. The first kappa shape index (κ1) is 14.4. The van der Waals surface area contributed by atoms with Crippen LogP contribution in [-0.2, 0) is 6.42 Å². The largest absolute Gasteiger partial charge is 0.371 e. The molecule has 0 aromatic heterocycles. The summed E-state index contributed by atoms with van der Waals surface area (Å²) in [5.74, 6) is 0. The molecule has 1 fully saturated rings. The zero-order valence-corrected chi connectivity index (χ0v) is 12.9. The van der Waals surface area contributed by atoms with E-state index < -0.39 is 0 Å². The Morgan fingerprint density at radius 2 is 2.14 bits per heavy atom. The van der Waals surface area contributed by atoms with E-state index in [1.54, 1.807) is 0 Å². The summed E-state index contributed by atoms with van der Waals surface area (Å²) < 4.78 is 0. The van der Waals surface area contributed by atoms with Crippen molar-refractivity contribution in [1.82, 2.24) is 5.32 Å². The molecule has 1 aromatic carbocycles. The molecule has 0 bridgehead atoms. The number of rotatable bonds is 5. The number of fused-ring (bicyclic) bond motifs is 1. The first-order valence-corrected chi connectivity index (χ1v) is 8.22. The van der Waals surface area contributed by atoms with Crippen LogP contribution in [0.5, 0.6) is 0 Å². The lowest BCUT2D eigenvalue weighted by atomic mass is 9.99. The monoisotopic (exact) mass is 283 g/mol. The summed E-state index contributed by atoms with van der Waals surface area (Å²) in [5.41, 5.74) is 2.45. The highest BCUT2D eigenvalue weighted by Gasteiger charge is 2.32. The van der Waals surface area contributed by atoms with Gasteiger partial charge in [0.25, 0.3) is 0 Å². The molecule has 3 heteroatoms. The van der Waals surface area contributed by atoms with Crippen LogP contribution in [0.3, 0.4) is 0 Å². The number of hydrogen-bond donors (Lipinski definition) is 1. The molecule has 1 unspecified atom stereocenters. The summed E-state index contributed by atoms with van der Waals surface area (Å²) in [7, 11) is 0. The number of nitrogens with one attached hydrogen (secondary N) is 1. The van der Waals surface area contributed by atoms with E-state index in [0.717, 1.165) is 19.5 Å². The third-order valence-corrected chi connectivity index (χ3v) is 4.68. The Labute approximate surface area is 128 Å². The third kappa shape index (κ3) is 3.57. The molecule has 2 aliphatic rings. The number of anilines is 1. The Morgan fingerprint density at radius 1 is 1.33 bits per heavy atom. The molecule has 0 spiro atoms. The molecule has 0 saturated heterocycles. The lowest BCUT2D eigenvalue weighted by Crippen LogP contribution is -2.45. The lowest BCUT2D eigenvalue weighted by molar-refractivity contribution is 0.414. The predicted molar refractivity (Wildman–Crippen MR) is 86.4 cm³/mol. The van der Waals surface area contributed by atoms with E-state index in [2.05, 4.69) is 47.5 Å². The maximum Gasteiger partial charge on any atom is 0.105 e. The van der Waals surface area contributed by atoms with Crippen molar-refractivity contribution < 1.29 is 0 Å². The Morgan fingerprint density at radius 3 is 2.90 bits per heavy atom. The van der Waals surface area contributed by atoms with E-state index in [0.29, 0.717) is 6.04 Å². The molecular weight excluding hydrogens is 258 g/mol. The standard InChI is InChI=1S/C18H25N3/c1-18(14-19,20-16-9-10-16)11-13-21-12-5-4-7-15-6-2-3-8-17(15)21/h2-3,6,8,16,20H,4-5,7,9-13H2,1H3. The fourth-order valence-electron chi connectivity index (χ4n) is 3.20. The van der Waals surface area contributed by atoms with Crippen molar-refractivity contribution in [2.75, 3.05) is 18.0 Å². The van der Waals surface area contributed by atoms with Gasteiger partial charge in [0, 0.05) is 24.8 Å². The fraction of sp³-hybridized carbons (Fsp3) is 0.611. The first-order chi connectivity index (χ1) is 10.2. The van der Waals surface area contributed by atoms with Crippen molar-refractivity contribution >= 4 is 5.69 Å². The van der Waals surface area contributed by atoms with Crippen LogP contribution < -0.4 is 10.2 Å². The van der Waals surface area contributed by atoms with Crippen molar-refractivity contribution in [2.45, 2.75) is 57.0 Å². The van der Waals surface area contributed by atoms with Crippen LogP contribution in [0.1, 0.15) is 44.6 Å². The second-order valence-electron chi connectivity index (χ2n) is 6.69. The van der Waals surface area contributed by atoms with E-state index in [1.165, 1.54) is 43.4 Å². The molecule has 112 valence electrons. The van der Waals surface area contributed by atoms with Gasteiger partial charge in [0.05, 0.1) is 6.07 Å². The minimum Gasteiger partial charge on any atom is -0.371 e. The molecule has 1 N–H and O–H groups in total. The van der Waals surface area contributed by atoms with Gasteiger partial charge in [0.2, 0.25) is 0 Å². The van der Waals surface area contributed by atoms with Crippen LogP contribution in [0, 0.1) is 11.3 Å². The zero-order chi connectivity index (χ0) is 14.7. The van der Waals surface area contributed by atoms with Gasteiger partial charge in [-0.3, -0.25) is 5.32 Å². The summed E-state index contributed by atoms with van der Waals surface area (Å²) in [6.07, 6.45) is 7.03. The van der Waals surface area contributed by atoms with Crippen molar-refractivity contribution in [2.24, 2.45) is 0 Å². The van der Waals surface area contributed by atoms with Crippen LogP contribution >= 0.6 is 0 Å². The normalized spacial score (nSPS) is 21.0. The van der Waals surface area contributed by atoms with Gasteiger partial charge < -0.3 is 4.90 Å². The maximum absolute atomic E-state index is 9.51. The smallest absolute Gasteiger partial charge is 0.105 e. The van der Waals surface area contributed by atoms with Crippen LogP contribution in [-0.4, -0.2) is 24.7 Å². The van der Waals surface area contributed by atoms with Crippen molar-refractivity contribution in [3.05, 3.63) is 29.8 Å². The molecule has 1 saturated carbocycles. The predicted octanol–water partition coefficient (Wildman–Crippen LogP) is 3.25. The van der Waals surface area contributed by atoms with Crippen molar-refractivity contribution in [3.8, 4) is 6.07 Å². The van der Waals surface area contributed by atoms with Crippen LogP contribution in [0.25, 0.3) is 0 Å². The zero-order valence-electron chi connectivity index (χ0n) is 12.9. The summed E-state index contributed by atoms with van der Waals surface area (Å²) in [6.45, 7) is 4.12. The summed E-state index contributed by atoms with van der Waals surface area (Å²) >= 11 is 0. The Kier molecular flexibility index (Phi) is 4.17. The lowest BCUT2D eigenvalue weighted by Gasteiger charge is -2.30. The number of aryl methyl sites for hydroxylation is 1. The van der Waals surface area contributed by atoms with Gasteiger partial charge in [0.15, 0.2) is 0 Å². The van der Waals surface area contributed by atoms with Gasteiger partial charge in [-0.1, -0.05) is 18.2 Å². The molecule has 3 nitrogen and oxygen atoms in total. The van der Waals surface area contributed by atoms with Gasteiger partial charge >= 0.3 is 0 Å². The minimum atomic E-state index is -0.386. The molecule has 1 aromatic rings. The Bertz CT molecular complexity index is 530. The van der Waals surface area contributed by atoms with E-state index >= 15 is 0 Å². The van der Waals surface area contributed by atoms with Crippen molar-refractivity contribution in [3.63, 3.8) is 0 Å². The van der Waals surface area contributed by atoms with E-state index in [9.17, 15) is 5.26 Å². The van der Waals surface area contributed by atoms with Gasteiger partial charge in [0.1, 0.15) is 5.54 Å². The molecule has 1 aliphatic heterocycles. The van der Waals surface area contributed by atoms with Crippen LogP contribution in [0.2, 0.25) is 0 Å². The summed E-state index contributed by atoms with van der Waals surface area (Å²) in [6, 6.07) is 11.8. The topological polar surface area (TPSA) is 39.1 Å². The van der Waals surface area contributed by atoms with E-state index in [4.69, 9.17) is 0 Å². The number of hydrogen-bond acceptors (Lipinski definition) is 3.